The van der Waals surface area contributed by atoms with E-state index in [2.05, 4.69) is 11.4 Å². The molecule has 2 rings (SSSR count). The molecule has 6 nitrogen and oxygen atoms in total. The molecule has 23 heavy (non-hydrogen) atoms. The lowest BCUT2D eigenvalue weighted by Gasteiger charge is -2.28. The second-order valence-corrected chi connectivity index (χ2v) is 6.63. The molecule has 0 aromatic carbocycles. The van der Waals surface area contributed by atoms with Gasteiger partial charge in [0.25, 0.3) is 11.8 Å². The average molecular weight is 324 g/mol. The smallest absolute Gasteiger partial charge is 0.281 e. The molecule has 0 aromatic heterocycles. The Morgan fingerprint density at radius 3 is 2.74 bits per heavy atom. The molecule has 6 heteroatoms. The van der Waals surface area contributed by atoms with Gasteiger partial charge in [-0.1, -0.05) is 6.08 Å². The van der Waals surface area contributed by atoms with Crippen LogP contribution in [0.3, 0.4) is 0 Å². The number of carbonyl (C=O) groups excluding carboxylic acids is 2. The van der Waals surface area contributed by atoms with Crippen molar-refractivity contribution in [3.05, 3.63) is 11.8 Å². The zero-order valence-electron chi connectivity index (χ0n) is 14.4. The van der Waals surface area contributed by atoms with Gasteiger partial charge >= 0.3 is 0 Å². The Bertz CT molecular complexity index is 446. The van der Waals surface area contributed by atoms with Gasteiger partial charge in [0.2, 0.25) is 0 Å². The van der Waals surface area contributed by atoms with Gasteiger partial charge in [-0.25, -0.2) is 0 Å². The van der Waals surface area contributed by atoms with Crippen molar-refractivity contribution in [3.63, 3.8) is 0 Å². The maximum Gasteiger partial charge on any atom is 0.281 e. The van der Waals surface area contributed by atoms with Crippen LogP contribution in [0, 0.1) is 0 Å². The van der Waals surface area contributed by atoms with Crippen molar-refractivity contribution in [2.75, 3.05) is 40.4 Å². The molecule has 1 unspecified atom stereocenters. The highest BCUT2D eigenvalue weighted by atomic mass is 16.5. The van der Waals surface area contributed by atoms with E-state index in [4.69, 9.17) is 4.74 Å². The highest BCUT2D eigenvalue weighted by Gasteiger charge is 2.26. The number of quaternary nitrogens is 1. The Kier molecular flexibility index (Phi) is 7.05. The molecule has 0 aromatic rings. The van der Waals surface area contributed by atoms with E-state index in [0.29, 0.717) is 32.3 Å². The molecule has 2 aliphatic rings. The number of carbonyl (C=O) groups is 2. The molecule has 2 N–H and O–H groups in total. The summed E-state index contributed by atoms with van der Waals surface area (Å²) in [6, 6.07) is 0.372. The van der Waals surface area contributed by atoms with E-state index in [9.17, 15) is 9.59 Å². The number of rotatable bonds is 9. The molecule has 0 radical (unpaired) electrons. The average Bonchev–Trinajstić information content (AvgIpc) is 3.32. The lowest BCUT2D eigenvalue weighted by molar-refractivity contribution is -0.862. The van der Waals surface area contributed by atoms with Gasteiger partial charge in [0.15, 0.2) is 13.1 Å². The largest absolute Gasteiger partial charge is 0.383 e. The maximum absolute atomic E-state index is 12.7. The third kappa shape index (κ3) is 6.31. The van der Waals surface area contributed by atoms with E-state index in [-0.39, 0.29) is 11.8 Å². The minimum absolute atomic E-state index is 0.0399. The molecule has 130 valence electrons. The van der Waals surface area contributed by atoms with Crippen molar-refractivity contribution in [3.8, 4) is 0 Å². The predicted molar refractivity (Wildman–Crippen MR) is 87.9 cm³/mol. The van der Waals surface area contributed by atoms with Gasteiger partial charge in [0.1, 0.15) is 0 Å². The van der Waals surface area contributed by atoms with Crippen molar-refractivity contribution >= 4 is 11.8 Å². The van der Waals surface area contributed by atoms with Crippen LogP contribution < -0.4 is 10.2 Å². The second-order valence-electron chi connectivity index (χ2n) is 6.63. The van der Waals surface area contributed by atoms with Gasteiger partial charge in [0, 0.05) is 25.4 Å². The third-order valence-electron chi connectivity index (χ3n) is 4.29. The molecule has 2 aliphatic carbocycles. The van der Waals surface area contributed by atoms with E-state index in [1.807, 2.05) is 11.9 Å². The van der Waals surface area contributed by atoms with Gasteiger partial charge in [-0.3, -0.25) is 9.59 Å². The molecule has 1 fully saturated rings. The van der Waals surface area contributed by atoms with E-state index in [1.165, 1.54) is 6.42 Å². The number of nitrogens with zero attached hydrogens (tertiary/aromatic N) is 1. The van der Waals surface area contributed by atoms with Crippen molar-refractivity contribution in [1.29, 1.82) is 0 Å². The van der Waals surface area contributed by atoms with Crippen LogP contribution in [-0.2, 0) is 14.3 Å². The number of ether oxygens (including phenoxy) is 1. The van der Waals surface area contributed by atoms with E-state index < -0.39 is 0 Å². The summed E-state index contributed by atoms with van der Waals surface area (Å²) in [5.74, 6) is 0.116. The lowest BCUT2D eigenvalue weighted by Crippen LogP contribution is -3.11. The molecule has 0 saturated heterocycles. The van der Waals surface area contributed by atoms with Gasteiger partial charge in [0.05, 0.1) is 13.7 Å². The first-order chi connectivity index (χ1) is 11.1. The molecular weight excluding hydrogens is 294 g/mol. The summed E-state index contributed by atoms with van der Waals surface area (Å²) in [6.07, 6.45) is 8.67. The van der Waals surface area contributed by atoms with E-state index in [1.54, 1.807) is 7.11 Å². The van der Waals surface area contributed by atoms with Crippen molar-refractivity contribution in [1.82, 2.24) is 10.2 Å². The first-order valence-corrected chi connectivity index (χ1v) is 8.69. The minimum Gasteiger partial charge on any atom is -0.383 e. The number of allylic oxidation sites excluding steroid dienone is 2. The van der Waals surface area contributed by atoms with E-state index in [0.717, 1.165) is 42.7 Å². The van der Waals surface area contributed by atoms with Crippen molar-refractivity contribution in [2.45, 2.75) is 44.6 Å². The Morgan fingerprint density at radius 1 is 1.35 bits per heavy atom. The van der Waals surface area contributed by atoms with Crippen LogP contribution in [0.15, 0.2) is 11.8 Å². The molecule has 0 bridgehead atoms. The third-order valence-corrected chi connectivity index (χ3v) is 4.29. The number of nitrogens with one attached hydrogen (secondary N) is 2. The lowest BCUT2D eigenvalue weighted by atomic mass is 10.0. The fourth-order valence-corrected chi connectivity index (χ4v) is 2.87. The minimum atomic E-state index is 0.0399. The first-order valence-electron chi connectivity index (χ1n) is 8.69. The molecule has 0 aliphatic heterocycles. The number of likely N-dealkylation sites (N-methyl/N-ethyl adjacent to an activating group) is 1. The Morgan fingerprint density at radius 2 is 2.13 bits per heavy atom. The predicted octanol–water partition coefficient (Wildman–Crippen LogP) is -0.287. The maximum atomic E-state index is 12.7. The van der Waals surface area contributed by atoms with Gasteiger partial charge < -0.3 is 19.9 Å². The molecule has 0 spiro atoms. The summed E-state index contributed by atoms with van der Waals surface area (Å²) in [5.41, 5.74) is 1.12. The van der Waals surface area contributed by atoms with Gasteiger partial charge in [-0.2, -0.15) is 0 Å². The fourth-order valence-electron chi connectivity index (χ4n) is 2.87. The van der Waals surface area contributed by atoms with Crippen LogP contribution in [0.1, 0.15) is 38.5 Å². The van der Waals surface area contributed by atoms with Crippen molar-refractivity contribution in [2.24, 2.45) is 0 Å². The number of hydrogen-bond acceptors (Lipinski definition) is 3. The highest BCUT2D eigenvalue weighted by molar-refractivity contribution is 5.80. The van der Waals surface area contributed by atoms with Crippen LogP contribution in [0.5, 0.6) is 0 Å². The van der Waals surface area contributed by atoms with Crippen LogP contribution in [-0.4, -0.2) is 63.2 Å². The zero-order valence-corrected chi connectivity index (χ0v) is 14.4. The van der Waals surface area contributed by atoms with Crippen LogP contribution in [0.4, 0.5) is 0 Å². The Labute approximate surface area is 138 Å². The Hall–Kier alpha value is -1.40. The van der Waals surface area contributed by atoms with Crippen molar-refractivity contribution < 1.29 is 19.2 Å². The SMILES string of the molecule is COCCN(C(=O)C[NH+](C)CC(=O)NC1CC1)C1=CCCCC1. The van der Waals surface area contributed by atoms with Crippen LogP contribution in [0.2, 0.25) is 0 Å². The summed E-state index contributed by atoms with van der Waals surface area (Å²) in [7, 11) is 3.55. The monoisotopic (exact) mass is 324 g/mol. The summed E-state index contributed by atoms with van der Waals surface area (Å²) in [5, 5.41) is 2.97. The molecule has 1 saturated carbocycles. The fraction of sp³-hybridized carbons (Fsp3) is 0.765. The Balaban J connectivity index is 1.85. The second kappa shape index (κ2) is 9.03. The standard InChI is InChI=1S/C17H29N3O3/c1-19(12-16(21)18-14-8-9-14)13-17(22)20(10-11-23-2)15-6-4-3-5-7-15/h6,14H,3-5,7-13H2,1-2H3,(H,18,21)/p+1. The summed E-state index contributed by atoms with van der Waals surface area (Å²) in [4.78, 5) is 27.3. The molecular formula is C17H30N3O3+. The quantitative estimate of drug-likeness (QED) is 0.613. The number of methoxy groups -OCH3 is 1. The number of amides is 2. The first kappa shape index (κ1) is 17.9. The summed E-state index contributed by atoms with van der Waals surface area (Å²) < 4.78 is 5.14. The molecule has 0 heterocycles. The number of hydrogen-bond donors (Lipinski definition) is 2. The van der Waals surface area contributed by atoms with Gasteiger partial charge in [-0.05, 0) is 38.5 Å². The summed E-state index contributed by atoms with van der Waals surface area (Å²) >= 11 is 0. The van der Waals surface area contributed by atoms with E-state index >= 15 is 0 Å². The zero-order chi connectivity index (χ0) is 16.7. The normalized spacial score (nSPS) is 19.0. The summed E-state index contributed by atoms with van der Waals surface area (Å²) in [6.45, 7) is 1.80. The highest BCUT2D eigenvalue weighted by Crippen LogP contribution is 2.20. The topological polar surface area (TPSA) is 63.1 Å². The van der Waals surface area contributed by atoms with Crippen LogP contribution in [0.25, 0.3) is 0 Å². The van der Waals surface area contributed by atoms with Crippen LogP contribution >= 0.6 is 0 Å². The van der Waals surface area contributed by atoms with Gasteiger partial charge in [-0.15, -0.1) is 0 Å². The molecule has 2 amide bonds. The molecule has 1 atom stereocenters.